The average molecular weight is 420 g/mol. The third-order valence-corrected chi connectivity index (χ3v) is 6.15. The quantitative estimate of drug-likeness (QED) is 0.605. The van der Waals surface area contributed by atoms with E-state index in [-0.39, 0.29) is 11.8 Å². The van der Waals surface area contributed by atoms with E-state index in [0.717, 1.165) is 58.1 Å². The maximum absolute atomic E-state index is 13.0. The number of ketones is 1. The highest BCUT2D eigenvalue weighted by Crippen LogP contribution is 2.45. The number of rotatable bonds is 3. The number of hydrogen-bond donors (Lipinski definition) is 1. The summed E-state index contributed by atoms with van der Waals surface area (Å²) in [6, 6.07) is 15.4. The van der Waals surface area contributed by atoms with Crippen molar-refractivity contribution in [2.45, 2.75) is 32.2 Å². The third kappa shape index (κ3) is 3.01. The van der Waals surface area contributed by atoms with Crippen molar-refractivity contribution in [2.24, 2.45) is 0 Å². The Morgan fingerprint density at radius 2 is 1.83 bits per heavy atom. The van der Waals surface area contributed by atoms with Crippen LogP contribution in [0.2, 0.25) is 5.02 Å². The van der Waals surface area contributed by atoms with E-state index in [0.29, 0.717) is 11.4 Å². The molecule has 0 unspecified atom stereocenters. The summed E-state index contributed by atoms with van der Waals surface area (Å²) in [5.74, 6) is 1.90. The zero-order chi connectivity index (χ0) is 20.8. The summed E-state index contributed by atoms with van der Waals surface area (Å²) >= 11 is 6.10. The second-order valence-corrected chi connectivity index (χ2v) is 8.17. The summed E-state index contributed by atoms with van der Waals surface area (Å²) < 4.78 is 7.28. The van der Waals surface area contributed by atoms with Crippen LogP contribution in [0.5, 0.6) is 5.75 Å². The predicted molar refractivity (Wildman–Crippen MR) is 118 cm³/mol. The Balaban J connectivity index is 1.71. The number of anilines is 1. The SMILES string of the molecule is COc1ccc([C@H]2C3=C(CCCC3=O)Nc3c(-c4ccc(Cl)cc4)c(C)nn32)cc1. The molecule has 5 nitrogen and oxygen atoms in total. The number of Topliss-reactive ketones (excluding diaryl/α,β-unsaturated/α-hetero) is 1. The Bertz CT molecular complexity index is 1160. The Morgan fingerprint density at radius 1 is 1.10 bits per heavy atom. The number of methoxy groups -OCH3 is 1. The number of halogens is 1. The summed E-state index contributed by atoms with van der Waals surface area (Å²) in [5.41, 5.74) is 5.84. The van der Waals surface area contributed by atoms with Gasteiger partial charge in [-0.05, 0) is 55.2 Å². The Morgan fingerprint density at radius 3 is 2.53 bits per heavy atom. The minimum atomic E-state index is -0.255. The molecule has 0 bridgehead atoms. The molecule has 2 aliphatic rings. The van der Waals surface area contributed by atoms with Gasteiger partial charge in [0.25, 0.3) is 0 Å². The van der Waals surface area contributed by atoms with E-state index in [1.54, 1.807) is 7.11 Å². The number of allylic oxidation sites excluding steroid dienone is 2. The standard InChI is InChI=1S/C24H22ClN3O2/c1-14-21(15-6-10-17(25)11-7-15)24-26-19-4-3-5-20(29)22(19)23(28(24)27-14)16-8-12-18(30-2)13-9-16/h6-13,23,26H,3-5H2,1-2H3/t23-/m0/s1. The lowest BCUT2D eigenvalue weighted by atomic mass is 9.85. The number of ether oxygens (including phenoxy) is 1. The van der Waals surface area contributed by atoms with Crippen molar-refractivity contribution in [3.63, 3.8) is 0 Å². The Hall–Kier alpha value is -3.05. The number of nitrogens with one attached hydrogen (secondary N) is 1. The van der Waals surface area contributed by atoms with E-state index >= 15 is 0 Å². The molecule has 1 aliphatic carbocycles. The van der Waals surface area contributed by atoms with Gasteiger partial charge in [0, 0.05) is 28.3 Å². The maximum Gasteiger partial charge on any atom is 0.163 e. The summed E-state index contributed by atoms with van der Waals surface area (Å²) in [4.78, 5) is 13.0. The van der Waals surface area contributed by atoms with Crippen LogP contribution in [-0.2, 0) is 4.79 Å². The van der Waals surface area contributed by atoms with E-state index < -0.39 is 0 Å². The first-order valence-electron chi connectivity index (χ1n) is 10.1. The van der Waals surface area contributed by atoms with Crippen molar-refractivity contribution in [2.75, 3.05) is 12.4 Å². The molecule has 0 amide bonds. The lowest BCUT2D eigenvalue weighted by Crippen LogP contribution is -2.31. The van der Waals surface area contributed by atoms with E-state index in [1.165, 1.54) is 0 Å². The number of carbonyl (C=O) groups excluding carboxylic acids is 1. The van der Waals surface area contributed by atoms with Crippen molar-refractivity contribution in [1.82, 2.24) is 9.78 Å². The molecule has 0 radical (unpaired) electrons. The van der Waals surface area contributed by atoms with Crippen molar-refractivity contribution in [3.8, 4) is 16.9 Å². The fourth-order valence-electron chi connectivity index (χ4n) is 4.49. The molecular weight excluding hydrogens is 398 g/mol. The van der Waals surface area contributed by atoms with Gasteiger partial charge in [-0.3, -0.25) is 4.79 Å². The molecule has 0 fully saturated rings. The summed E-state index contributed by atoms with van der Waals surface area (Å²) in [5, 5.41) is 9.13. The number of fused-ring (bicyclic) bond motifs is 1. The molecule has 30 heavy (non-hydrogen) atoms. The van der Waals surface area contributed by atoms with Gasteiger partial charge in [0.2, 0.25) is 0 Å². The molecule has 1 aliphatic heterocycles. The molecule has 0 saturated heterocycles. The summed E-state index contributed by atoms with van der Waals surface area (Å²) in [6.07, 6.45) is 2.30. The van der Waals surface area contributed by atoms with E-state index in [4.69, 9.17) is 21.4 Å². The molecule has 2 heterocycles. The molecule has 2 aromatic carbocycles. The van der Waals surface area contributed by atoms with Crippen LogP contribution in [0.3, 0.4) is 0 Å². The van der Waals surface area contributed by atoms with Crippen LogP contribution >= 0.6 is 11.6 Å². The third-order valence-electron chi connectivity index (χ3n) is 5.89. The number of hydrogen-bond acceptors (Lipinski definition) is 4. The van der Waals surface area contributed by atoms with Crippen LogP contribution in [0.15, 0.2) is 59.8 Å². The first-order valence-corrected chi connectivity index (χ1v) is 10.5. The zero-order valence-electron chi connectivity index (χ0n) is 16.9. The highest BCUT2D eigenvalue weighted by atomic mass is 35.5. The molecule has 5 rings (SSSR count). The molecule has 1 aromatic heterocycles. The molecular formula is C24H22ClN3O2. The van der Waals surface area contributed by atoms with Gasteiger partial charge in [0.05, 0.1) is 12.8 Å². The molecule has 3 aromatic rings. The Labute approximate surface area is 180 Å². The molecule has 6 heteroatoms. The second-order valence-electron chi connectivity index (χ2n) is 7.73. The predicted octanol–water partition coefficient (Wildman–Crippen LogP) is 5.54. The van der Waals surface area contributed by atoms with Crippen molar-refractivity contribution in [1.29, 1.82) is 0 Å². The van der Waals surface area contributed by atoms with Crippen LogP contribution in [0, 0.1) is 6.92 Å². The normalized spacial score (nSPS) is 18.0. The highest BCUT2D eigenvalue weighted by molar-refractivity contribution is 6.30. The molecule has 152 valence electrons. The number of benzene rings is 2. The van der Waals surface area contributed by atoms with E-state index in [9.17, 15) is 4.79 Å². The van der Waals surface area contributed by atoms with Crippen molar-refractivity contribution >= 4 is 23.2 Å². The topological polar surface area (TPSA) is 56.1 Å². The maximum atomic E-state index is 13.0. The second kappa shape index (κ2) is 7.33. The van der Waals surface area contributed by atoms with Gasteiger partial charge < -0.3 is 10.1 Å². The lowest BCUT2D eigenvalue weighted by Gasteiger charge is -2.33. The first kappa shape index (κ1) is 18.9. The van der Waals surface area contributed by atoms with Crippen molar-refractivity contribution < 1.29 is 9.53 Å². The summed E-state index contributed by atoms with van der Waals surface area (Å²) in [6.45, 7) is 2.00. The number of aryl methyl sites for hydroxylation is 1. The summed E-state index contributed by atoms with van der Waals surface area (Å²) in [7, 11) is 1.65. The lowest BCUT2D eigenvalue weighted by molar-refractivity contribution is -0.116. The average Bonchev–Trinajstić information content (AvgIpc) is 3.08. The van der Waals surface area contributed by atoms with Gasteiger partial charge in [0.1, 0.15) is 17.6 Å². The number of aromatic nitrogens is 2. The Kier molecular flexibility index (Phi) is 4.63. The van der Waals surface area contributed by atoms with Crippen LogP contribution in [0.1, 0.15) is 36.6 Å². The minimum Gasteiger partial charge on any atom is -0.497 e. The van der Waals surface area contributed by atoms with Crippen LogP contribution in [0.25, 0.3) is 11.1 Å². The monoisotopic (exact) mass is 419 g/mol. The van der Waals surface area contributed by atoms with Gasteiger partial charge in [-0.1, -0.05) is 35.9 Å². The molecule has 1 N–H and O–H groups in total. The number of carbonyl (C=O) groups is 1. The van der Waals surface area contributed by atoms with Gasteiger partial charge in [0.15, 0.2) is 5.78 Å². The number of nitrogens with zero attached hydrogens (tertiary/aromatic N) is 2. The van der Waals surface area contributed by atoms with Gasteiger partial charge in [-0.15, -0.1) is 0 Å². The fraction of sp³-hybridized carbons (Fsp3) is 0.250. The first-order chi connectivity index (χ1) is 14.6. The largest absolute Gasteiger partial charge is 0.497 e. The van der Waals surface area contributed by atoms with Crippen molar-refractivity contribution in [3.05, 3.63) is 76.1 Å². The minimum absolute atomic E-state index is 0.191. The molecule has 1 atom stereocenters. The molecule has 0 spiro atoms. The van der Waals surface area contributed by atoms with E-state index in [2.05, 4.69) is 5.32 Å². The smallest absolute Gasteiger partial charge is 0.163 e. The highest BCUT2D eigenvalue weighted by Gasteiger charge is 2.37. The molecule has 0 saturated carbocycles. The van der Waals surface area contributed by atoms with Crippen LogP contribution < -0.4 is 10.1 Å². The fourth-order valence-corrected chi connectivity index (χ4v) is 4.61. The zero-order valence-corrected chi connectivity index (χ0v) is 17.7. The van der Waals surface area contributed by atoms with Gasteiger partial charge >= 0.3 is 0 Å². The van der Waals surface area contributed by atoms with Crippen LogP contribution in [-0.4, -0.2) is 22.7 Å². The van der Waals surface area contributed by atoms with E-state index in [1.807, 2.05) is 60.1 Å². The van der Waals surface area contributed by atoms with Crippen LogP contribution in [0.4, 0.5) is 5.82 Å². The van der Waals surface area contributed by atoms with Gasteiger partial charge in [-0.25, -0.2) is 4.68 Å². The van der Waals surface area contributed by atoms with Gasteiger partial charge in [-0.2, -0.15) is 5.10 Å².